The number of alkyl halides is 3. The molecule has 0 saturated carbocycles. The zero-order chi connectivity index (χ0) is 21.8. The molecule has 1 aromatic carbocycles. The van der Waals surface area contributed by atoms with Gasteiger partial charge in [0, 0.05) is 41.4 Å². The van der Waals surface area contributed by atoms with Gasteiger partial charge in [0.05, 0.1) is 0 Å². The zero-order valence-electron chi connectivity index (χ0n) is 16.0. The van der Waals surface area contributed by atoms with Crippen molar-refractivity contribution in [2.45, 2.75) is 49.9 Å². The number of amides is 2. The Morgan fingerprint density at radius 3 is 2.57 bits per heavy atom. The Morgan fingerprint density at radius 2 is 2.00 bits per heavy atom. The molecule has 0 bridgehead atoms. The molecule has 160 valence electrons. The highest BCUT2D eigenvalue weighted by atomic mass is 35.5. The summed E-state index contributed by atoms with van der Waals surface area (Å²) in [5.41, 5.74) is 0.110. The van der Waals surface area contributed by atoms with Gasteiger partial charge >= 0.3 is 6.18 Å². The molecule has 0 aliphatic carbocycles. The number of nitrogens with zero attached hydrogens (tertiary/aromatic N) is 1. The lowest BCUT2D eigenvalue weighted by Crippen LogP contribution is -2.45. The number of halogens is 4. The summed E-state index contributed by atoms with van der Waals surface area (Å²) in [6.07, 6.45) is -0.843. The fourth-order valence-electron chi connectivity index (χ4n) is 3.66. The number of hydrogen-bond donors (Lipinski definition) is 2. The van der Waals surface area contributed by atoms with Gasteiger partial charge in [0.15, 0.2) is 6.04 Å². The molecular weight excluding hydrogens is 419 g/mol. The zero-order valence-corrected chi connectivity index (χ0v) is 16.8. The van der Waals surface area contributed by atoms with E-state index in [1.807, 2.05) is 12.1 Å². The molecule has 0 spiro atoms. The molecular formula is C21H21ClF3N3O2. The van der Waals surface area contributed by atoms with E-state index in [4.69, 9.17) is 11.6 Å². The Morgan fingerprint density at radius 1 is 1.27 bits per heavy atom. The monoisotopic (exact) mass is 439 g/mol. The first-order chi connectivity index (χ1) is 14.2. The molecule has 1 aliphatic heterocycles. The lowest BCUT2D eigenvalue weighted by atomic mass is 9.85. The van der Waals surface area contributed by atoms with Gasteiger partial charge in [0.2, 0.25) is 11.8 Å². The van der Waals surface area contributed by atoms with Gasteiger partial charge in [-0.05, 0) is 43.0 Å². The molecule has 2 heterocycles. The Kier molecular flexibility index (Phi) is 6.65. The van der Waals surface area contributed by atoms with Crippen LogP contribution in [-0.2, 0) is 16.0 Å². The van der Waals surface area contributed by atoms with Crippen molar-refractivity contribution in [1.29, 1.82) is 0 Å². The molecule has 1 saturated heterocycles. The second-order valence-electron chi connectivity index (χ2n) is 7.46. The summed E-state index contributed by atoms with van der Waals surface area (Å²) in [6, 6.07) is 7.64. The second kappa shape index (κ2) is 9.04. The van der Waals surface area contributed by atoms with Gasteiger partial charge in [-0.15, -0.1) is 0 Å². The average Bonchev–Trinajstić information content (AvgIpc) is 3.07. The van der Waals surface area contributed by atoms with Crippen molar-refractivity contribution < 1.29 is 22.8 Å². The van der Waals surface area contributed by atoms with Crippen LogP contribution >= 0.6 is 11.6 Å². The lowest BCUT2D eigenvalue weighted by Gasteiger charge is -2.30. The van der Waals surface area contributed by atoms with Crippen LogP contribution in [0.1, 0.15) is 42.9 Å². The average molecular weight is 440 g/mol. The molecule has 0 unspecified atom stereocenters. The van der Waals surface area contributed by atoms with Crippen LogP contribution in [0.25, 0.3) is 0 Å². The van der Waals surface area contributed by atoms with Crippen LogP contribution in [0, 0.1) is 0 Å². The lowest BCUT2D eigenvalue weighted by molar-refractivity contribution is -0.163. The Labute approximate surface area is 177 Å². The van der Waals surface area contributed by atoms with Crippen molar-refractivity contribution in [3.63, 3.8) is 0 Å². The van der Waals surface area contributed by atoms with Gasteiger partial charge in [-0.3, -0.25) is 14.6 Å². The predicted molar refractivity (Wildman–Crippen MR) is 106 cm³/mol. The van der Waals surface area contributed by atoms with E-state index < -0.39 is 23.7 Å². The first-order valence-corrected chi connectivity index (χ1v) is 9.86. The molecule has 1 aliphatic rings. The van der Waals surface area contributed by atoms with Gasteiger partial charge in [-0.2, -0.15) is 13.2 Å². The predicted octanol–water partition coefficient (Wildman–Crippen LogP) is 4.13. The number of pyridine rings is 1. The third-order valence-electron chi connectivity index (χ3n) is 5.17. The number of benzene rings is 1. The van der Waals surface area contributed by atoms with Crippen molar-refractivity contribution in [3.8, 4) is 0 Å². The third kappa shape index (κ3) is 5.72. The van der Waals surface area contributed by atoms with Crippen LogP contribution in [0.2, 0.25) is 5.02 Å². The van der Waals surface area contributed by atoms with Crippen LogP contribution in [0.3, 0.4) is 0 Å². The van der Waals surface area contributed by atoms with Crippen molar-refractivity contribution in [2.75, 3.05) is 0 Å². The minimum Gasteiger partial charge on any atom is -0.350 e. The smallest absolute Gasteiger partial charge is 0.350 e. The maximum Gasteiger partial charge on any atom is 0.412 e. The highest BCUT2D eigenvalue weighted by Gasteiger charge is 2.43. The Balaban J connectivity index is 1.68. The van der Waals surface area contributed by atoms with Crippen LogP contribution in [-0.4, -0.2) is 28.5 Å². The van der Waals surface area contributed by atoms with E-state index in [1.54, 1.807) is 12.1 Å². The number of nitrogens with one attached hydrogen (secondary N) is 2. The normalized spacial score (nSPS) is 19.9. The highest BCUT2D eigenvalue weighted by Crippen LogP contribution is 2.33. The summed E-state index contributed by atoms with van der Waals surface area (Å²) >= 11 is 5.91. The van der Waals surface area contributed by atoms with Crippen LogP contribution in [0.4, 0.5) is 13.2 Å². The molecule has 2 N–H and O–H groups in total. The quantitative estimate of drug-likeness (QED) is 0.681. The van der Waals surface area contributed by atoms with E-state index in [-0.39, 0.29) is 24.3 Å². The first kappa shape index (κ1) is 22.1. The molecule has 2 amide bonds. The number of carbonyl (C=O) groups is 2. The summed E-state index contributed by atoms with van der Waals surface area (Å²) in [7, 11) is 0. The van der Waals surface area contributed by atoms with E-state index in [2.05, 4.69) is 15.6 Å². The molecule has 1 fully saturated rings. The molecule has 2 atom stereocenters. The van der Waals surface area contributed by atoms with E-state index in [9.17, 15) is 22.8 Å². The van der Waals surface area contributed by atoms with E-state index in [0.717, 1.165) is 11.8 Å². The van der Waals surface area contributed by atoms with Crippen molar-refractivity contribution in [2.24, 2.45) is 0 Å². The molecule has 2 aromatic rings. The van der Waals surface area contributed by atoms with Gasteiger partial charge in [0.25, 0.3) is 0 Å². The summed E-state index contributed by atoms with van der Waals surface area (Å²) < 4.78 is 40.3. The number of carbonyl (C=O) groups excluding carboxylic acids is 2. The number of hydrogen-bond acceptors (Lipinski definition) is 3. The third-order valence-corrected chi connectivity index (χ3v) is 5.42. The van der Waals surface area contributed by atoms with Gasteiger partial charge in [-0.25, -0.2) is 0 Å². The van der Waals surface area contributed by atoms with Crippen molar-refractivity contribution in [3.05, 3.63) is 64.9 Å². The summed E-state index contributed by atoms with van der Waals surface area (Å²) in [4.78, 5) is 27.9. The van der Waals surface area contributed by atoms with Gasteiger partial charge < -0.3 is 10.6 Å². The minimum atomic E-state index is -4.65. The summed E-state index contributed by atoms with van der Waals surface area (Å²) in [5, 5.41) is 5.56. The van der Waals surface area contributed by atoms with Gasteiger partial charge in [-0.1, -0.05) is 29.8 Å². The van der Waals surface area contributed by atoms with Gasteiger partial charge in [0.1, 0.15) is 0 Å². The van der Waals surface area contributed by atoms with Crippen LogP contribution in [0.15, 0.2) is 48.8 Å². The van der Waals surface area contributed by atoms with E-state index in [0.29, 0.717) is 24.3 Å². The molecule has 0 radical (unpaired) electrons. The molecule has 3 rings (SSSR count). The van der Waals surface area contributed by atoms with Crippen LogP contribution < -0.4 is 10.6 Å². The minimum absolute atomic E-state index is 0.132. The SMILES string of the molecule is O=C(CC[C@@]1(Cc2ccc(Cl)cc2)CCC(=O)N1)N[C@@H](c1cccnc1)C(F)(F)F. The van der Waals surface area contributed by atoms with E-state index >= 15 is 0 Å². The second-order valence-corrected chi connectivity index (χ2v) is 7.90. The molecule has 9 heteroatoms. The van der Waals surface area contributed by atoms with E-state index in [1.165, 1.54) is 18.3 Å². The van der Waals surface area contributed by atoms with Crippen LogP contribution in [0.5, 0.6) is 0 Å². The summed E-state index contributed by atoms with van der Waals surface area (Å²) in [5.74, 6) is -0.870. The standard InChI is InChI=1S/C21H21ClF3N3O2/c22-16-5-3-14(4-6-16)12-20(10-8-18(30)28-20)9-7-17(29)27-19(21(23,24)25)15-2-1-11-26-13-15/h1-6,11,13,19H,7-10,12H2,(H,27,29)(H,28,30)/t19-,20-/m0/s1. The Bertz CT molecular complexity index is 891. The first-order valence-electron chi connectivity index (χ1n) is 9.48. The number of rotatable bonds is 7. The maximum atomic E-state index is 13.4. The summed E-state index contributed by atoms with van der Waals surface area (Å²) in [6.45, 7) is 0. The molecule has 1 aromatic heterocycles. The van der Waals surface area contributed by atoms with Crippen molar-refractivity contribution >= 4 is 23.4 Å². The van der Waals surface area contributed by atoms with Crippen molar-refractivity contribution in [1.82, 2.24) is 15.6 Å². The fraction of sp³-hybridized carbons (Fsp3) is 0.381. The topological polar surface area (TPSA) is 71.1 Å². The molecule has 30 heavy (non-hydrogen) atoms. The molecule has 5 nitrogen and oxygen atoms in total. The maximum absolute atomic E-state index is 13.4. The largest absolute Gasteiger partial charge is 0.412 e. The fourth-order valence-corrected chi connectivity index (χ4v) is 3.79. The highest BCUT2D eigenvalue weighted by molar-refractivity contribution is 6.30. The number of aromatic nitrogens is 1. The Hall–Kier alpha value is -2.61.